The van der Waals surface area contributed by atoms with Gasteiger partial charge in [0.25, 0.3) is 5.91 Å². The Balaban J connectivity index is 2.33. The fraction of sp³-hybridized carbons (Fsp3) is 0.200. The van der Waals surface area contributed by atoms with Crippen molar-refractivity contribution in [3.05, 3.63) is 52.1 Å². The van der Waals surface area contributed by atoms with Crippen molar-refractivity contribution >= 4 is 37.7 Å². The van der Waals surface area contributed by atoms with Crippen LogP contribution in [0.4, 0.5) is 5.82 Å². The van der Waals surface area contributed by atoms with Crippen LogP contribution in [0, 0.1) is 6.92 Å². The molecule has 0 aliphatic carbocycles. The van der Waals surface area contributed by atoms with E-state index >= 15 is 0 Å². The summed E-state index contributed by atoms with van der Waals surface area (Å²) < 4.78 is 26.0. The van der Waals surface area contributed by atoms with Crippen molar-refractivity contribution in [2.24, 2.45) is 0 Å². The maximum absolute atomic E-state index is 12.3. The summed E-state index contributed by atoms with van der Waals surface area (Å²) in [6.45, 7) is 1.89. The fourth-order valence-corrected chi connectivity index (χ4v) is 3.61. The summed E-state index contributed by atoms with van der Waals surface area (Å²) in [6.07, 6.45) is 1.64. The Morgan fingerprint density at radius 2 is 1.91 bits per heavy atom. The van der Waals surface area contributed by atoms with E-state index in [-0.39, 0.29) is 10.5 Å². The standard InChI is InChI=1S/C15H16BrN3O3S/c1-10-4-7-14(17-9-10)18-15(20)11-5-6-12(16)13(8-11)23(21,22)19(2)3/h4-9H,1-3H3,(H,17,18,20). The lowest BCUT2D eigenvalue weighted by Gasteiger charge is -2.14. The number of halogens is 1. The smallest absolute Gasteiger partial charge is 0.256 e. The minimum Gasteiger partial charge on any atom is -0.307 e. The summed E-state index contributed by atoms with van der Waals surface area (Å²) >= 11 is 3.21. The second kappa shape index (κ2) is 6.77. The summed E-state index contributed by atoms with van der Waals surface area (Å²) in [6, 6.07) is 7.93. The molecule has 1 aromatic carbocycles. The van der Waals surface area contributed by atoms with Crippen LogP contribution in [0.2, 0.25) is 0 Å². The van der Waals surface area contributed by atoms with E-state index in [1.807, 2.05) is 13.0 Å². The van der Waals surface area contributed by atoms with Crippen LogP contribution >= 0.6 is 15.9 Å². The SMILES string of the molecule is Cc1ccc(NC(=O)c2ccc(Br)c(S(=O)(=O)N(C)C)c2)nc1. The van der Waals surface area contributed by atoms with Gasteiger partial charge in [0.05, 0.1) is 4.90 Å². The molecular formula is C15H16BrN3O3S. The van der Waals surface area contributed by atoms with Crippen LogP contribution in [0.5, 0.6) is 0 Å². The zero-order chi connectivity index (χ0) is 17.2. The number of carbonyl (C=O) groups excluding carboxylic acids is 1. The zero-order valence-corrected chi connectivity index (χ0v) is 15.3. The van der Waals surface area contributed by atoms with Crippen molar-refractivity contribution in [2.75, 3.05) is 19.4 Å². The van der Waals surface area contributed by atoms with E-state index in [0.717, 1.165) is 9.87 Å². The molecule has 0 radical (unpaired) electrons. The minimum absolute atomic E-state index is 0.0343. The van der Waals surface area contributed by atoms with Gasteiger partial charge in [0.1, 0.15) is 5.82 Å². The van der Waals surface area contributed by atoms with Crippen LogP contribution in [0.25, 0.3) is 0 Å². The molecular weight excluding hydrogens is 382 g/mol. The molecule has 0 aliphatic rings. The number of anilines is 1. The first-order valence-electron chi connectivity index (χ1n) is 6.68. The number of hydrogen-bond donors (Lipinski definition) is 1. The summed E-state index contributed by atoms with van der Waals surface area (Å²) in [7, 11) is -0.781. The maximum atomic E-state index is 12.3. The number of sulfonamides is 1. The number of aromatic nitrogens is 1. The van der Waals surface area contributed by atoms with E-state index in [9.17, 15) is 13.2 Å². The molecule has 1 amide bonds. The lowest BCUT2D eigenvalue weighted by atomic mass is 10.2. The van der Waals surface area contributed by atoms with E-state index in [1.165, 1.54) is 26.2 Å². The first-order chi connectivity index (χ1) is 10.7. The van der Waals surface area contributed by atoms with Gasteiger partial charge in [-0.3, -0.25) is 4.79 Å². The predicted octanol–water partition coefficient (Wildman–Crippen LogP) is 2.66. The average Bonchev–Trinajstić information content (AvgIpc) is 2.49. The summed E-state index contributed by atoms with van der Waals surface area (Å²) in [5.74, 6) is -0.0235. The van der Waals surface area contributed by atoms with Crippen LogP contribution in [-0.4, -0.2) is 37.7 Å². The predicted molar refractivity (Wildman–Crippen MR) is 91.9 cm³/mol. The number of hydrogen-bond acceptors (Lipinski definition) is 4. The van der Waals surface area contributed by atoms with Gasteiger partial charge in [-0.05, 0) is 52.7 Å². The van der Waals surface area contributed by atoms with Crippen molar-refractivity contribution < 1.29 is 13.2 Å². The molecule has 1 aromatic heterocycles. The molecule has 1 N–H and O–H groups in total. The average molecular weight is 398 g/mol. The second-order valence-electron chi connectivity index (χ2n) is 5.11. The van der Waals surface area contributed by atoms with Crippen molar-refractivity contribution in [1.29, 1.82) is 0 Å². The number of nitrogens with one attached hydrogen (secondary N) is 1. The first kappa shape index (κ1) is 17.6. The van der Waals surface area contributed by atoms with Crippen molar-refractivity contribution in [3.8, 4) is 0 Å². The highest BCUT2D eigenvalue weighted by atomic mass is 79.9. The Bertz CT molecular complexity index is 834. The molecule has 6 nitrogen and oxygen atoms in total. The monoisotopic (exact) mass is 397 g/mol. The van der Waals surface area contributed by atoms with Crippen LogP contribution < -0.4 is 5.32 Å². The van der Waals surface area contributed by atoms with Gasteiger partial charge in [-0.1, -0.05) is 6.07 Å². The molecule has 1 heterocycles. The summed E-state index contributed by atoms with van der Waals surface area (Å²) in [4.78, 5) is 16.4. The molecule has 2 rings (SSSR count). The van der Waals surface area contributed by atoms with Gasteiger partial charge in [-0.2, -0.15) is 0 Å². The zero-order valence-electron chi connectivity index (χ0n) is 12.9. The number of rotatable bonds is 4. The van der Waals surface area contributed by atoms with Crippen molar-refractivity contribution in [3.63, 3.8) is 0 Å². The highest BCUT2D eigenvalue weighted by molar-refractivity contribution is 9.10. The van der Waals surface area contributed by atoms with E-state index in [1.54, 1.807) is 18.3 Å². The lowest BCUT2D eigenvalue weighted by Crippen LogP contribution is -2.23. The van der Waals surface area contributed by atoms with Gasteiger partial charge in [-0.15, -0.1) is 0 Å². The molecule has 0 unspecified atom stereocenters. The highest BCUT2D eigenvalue weighted by Gasteiger charge is 2.22. The molecule has 8 heteroatoms. The van der Waals surface area contributed by atoms with Crippen LogP contribution in [0.15, 0.2) is 45.9 Å². The Labute approximate surface area is 143 Å². The summed E-state index contributed by atoms with van der Waals surface area (Å²) in [5.41, 5.74) is 1.21. The molecule has 122 valence electrons. The van der Waals surface area contributed by atoms with Crippen molar-refractivity contribution in [2.45, 2.75) is 11.8 Å². The van der Waals surface area contributed by atoms with Gasteiger partial charge in [0.2, 0.25) is 10.0 Å². The maximum Gasteiger partial charge on any atom is 0.256 e. The van der Waals surface area contributed by atoms with Gasteiger partial charge in [0, 0.05) is 30.3 Å². The molecule has 0 saturated heterocycles. The Morgan fingerprint density at radius 3 is 2.48 bits per heavy atom. The highest BCUT2D eigenvalue weighted by Crippen LogP contribution is 2.25. The second-order valence-corrected chi connectivity index (χ2v) is 8.08. The van der Waals surface area contributed by atoms with E-state index in [4.69, 9.17) is 0 Å². The molecule has 0 bridgehead atoms. The minimum atomic E-state index is -3.65. The van der Waals surface area contributed by atoms with Crippen LogP contribution in [0.1, 0.15) is 15.9 Å². The fourth-order valence-electron chi connectivity index (χ4n) is 1.77. The quantitative estimate of drug-likeness (QED) is 0.859. The normalized spacial score (nSPS) is 11.5. The number of nitrogens with zero attached hydrogens (tertiary/aromatic N) is 2. The molecule has 0 aliphatic heterocycles. The van der Waals surface area contributed by atoms with E-state index < -0.39 is 15.9 Å². The van der Waals surface area contributed by atoms with E-state index in [2.05, 4.69) is 26.2 Å². The largest absolute Gasteiger partial charge is 0.307 e. The van der Waals surface area contributed by atoms with Gasteiger partial charge < -0.3 is 5.32 Å². The third kappa shape index (κ3) is 3.95. The number of pyridine rings is 1. The Hall–Kier alpha value is -1.77. The number of carbonyl (C=O) groups is 1. The number of amides is 1. The first-order valence-corrected chi connectivity index (χ1v) is 8.91. The van der Waals surface area contributed by atoms with Crippen LogP contribution in [-0.2, 0) is 10.0 Å². The van der Waals surface area contributed by atoms with Crippen molar-refractivity contribution in [1.82, 2.24) is 9.29 Å². The van der Waals surface area contributed by atoms with Crippen LogP contribution in [0.3, 0.4) is 0 Å². The Morgan fingerprint density at radius 1 is 1.22 bits per heavy atom. The van der Waals surface area contributed by atoms with Gasteiger partial charge >= 0.3 is 0 Å². The Kier molecular flexibility index (Phi) is 5.18. The topological polar surface area (TPSA) is 79.4 Å². The molecule has 0 fully saturated rings. The van der Waals surface area contributed by atoms with Gasteiger partial charge in [-0.25, -0.2) is 17.7 Å². The molecule has 23 heavy (non-hydrogen) atoms. The summed E-state index contributed by atoms with van der Waals surface area (Å²) in [5, 5.41) is 2.64. The molecule has 0 atom stereocenters. The molecule has 0 spiro atoms. The van der Waals surface area contributed by atoms with E-state index in [0.29, 0.717) is 10.3 Å². The number of aryl methyl sites for hydroxylation is 1. The third-order valence-corrected chi connectivity index (χ3v) is 5.91. The van der Waals surface area contributed by atoms with Gasteiger partial charge in [0.15, 0.2) is 0 Å². The lowest BCUT2D eigenvalue weighted by molar-refractivity contribution is 0.102. The molecule has 0 saturated carbocycles. The number of benzene rings is 1. The third-order valence-electron chi connectivity index (χ3n) is 3.10. The molecule has 2 aromatic rings.